The lowest BCUT2D eigenvalue weighted by atomic mass is 9.86. The zero-order valence-electron chi connectivity index (χ0n) is 60.4. The number of hydrogen-bond acceptors (Lipinski definition) is 21. The summed E-state index contributed by atoms with van der Waals surface area (Å²) in [5.41, 5.74) is 47.9. The number of nitrogens with zero attached hydrogens (tertiary/aromatic N) is 4. The number of fused-ring (bicyclic) bond motifs is 4. The van der Waals surface area contributed by atoms with Gasteiger partial charge in [0, 0.05) is 143 Å². The number of carbonyl (C=O) groups is 9. The number of nitrogen functional groups attached to an aromatic ring is 4. The highest BCUT2D eigenvalue weighted by molar-refractivity contribution is 5.99. The van der Waals surface area contributed by atoms with Crippen LogP contribution in [0.3, 0.4) is 0 Å². The summed E-state index contributed by atoms with van der Waals surface area (Å²) >= 11 is 0. The molecule has 1 aliphatic carbocycles. The molecule has 1 fully saturated rings. The van der Waals surface area contributed by atoms with Gasteiger partial charge in [0.25, 0.3) is 0 Å². The number of furan rings is 1. The third-order valence-corrected chi connectivity index (χ3v) is 14.7. The minimum atomic E-state index is -0.507. The second kappa shape index (κ2) is 43.6. The molecule has 0 spiro atoms. The lowest BCUT2D eigenvalue weighted by Gasteiger charge is -2.27. The lowest BCUT2D eigenvalue weighted by molar-refractivity contribution is -0.120. The Kier molecular flexibility index (Phi) is 35.1. The molecule has 0 radical (unpaired) electrons. The zero-order chi connectivity index (χ0) is 78.0. The lowest BCUT2D eigenvalue weighted by Crippen LogP contribution is -2.37. The van der Waals surface area contributed by atoms with Crippen LogP contribution < -0.4 is 82.7 Å². The molecule has 107 heavy (non-hydrogen) atoms. The molecule has 12 rings (SSSR count). The first-order valence-corrected chi connectivity index (χ1v) is 33.2. The van der Waals surface area contributed by atoms with Gasteiger partial charge in [-0.3, -0.25) is 43.2 Å². The van der Waals surface area contributed by atoms with Crippen molar-refractivity contribution in [2.45, 2.75) is 115 Å². The minimum absolute atomic E-state index is 0. The van der Waals surface area contributed by atoms with Crippen LogP contribution in [-0.4, -0.2) is 90.8 Å². The minimum Gasteiger partial charge on any atom is -0.461 e. The average molecular weight is 1470 g/mol. The molecule has 6 aromatic carbocycles. The van der Waals surface area contributed by atoms with Crippen molar-refractivity contribution in [2.24, 2.45) is 23.1 Å². The normalized spacial score (nSPS) is 12.1. The monoisotopic (exact) mass is 1460 g/mol. The van der Waals surface area contributed by atoms with Crippen molar-refractivity contribution in [1.82, 2.24) is 35.7 Å². The molecule has 31 heteroatoms. The fourth-order valence-corrected chi connectivity index (χ4v) is 9.95. The summed E-state index contributed by atoms with van der Waals surface area (Å²) in [6, 6.07) is 43.4. The number of pyridine rings is 2. The molecule has 0 saturated heterocycles. The summed E-state index contributed by atoms with van der Waals surface area (Å²) < 4.78 is 10.4. The zero-order valence-corrected chi connectivity index (χ0v) is 60.4. The van der Waals surface area contributed by atoms with Crippen molar-refractivity contribution in [3.63, 3.8) is 0 Å². The van der Waals surface area contributed by atoms with Crippen LogP contribution in [0.5, 0.6) is 0 Å². The fourth-order valence-electron chi connectivity index (χ4n) is 9.95. The maximum atomic E-state index is 10.9. The van der Waals surface area contributed by atoms with E-state index >= 15 is 0 Å². The number of benzene rings is 6. The first kappa shape index (κ1) is 86.1. The van der Waals surface area contributed by atoms with E-state index in [9.17, 15) is 43.2 Å². The van der Waals surface area contributed by atoms with Gasteiger partial charge in [-0.15, -0.1) is 0 Å². The molecule has 0 bridgehead atoms. The summed E-state index contributed by atoms with van der Waals surface area (Å²) in [4.78, 5) is 111. The van der Waals surface area contributed by atoms with Crippen LogP contribution in [0.2, 0.25) is 0 Å². The van der Waals surface area contributed by atoms with E-state index < -0.39 is 5.91 Å². The molecule has 0 aliphatic heterocycles. The van der Waals surface area contributed by atoms with Gasteiger partial charge in [-0.05, 0) is 177 Å². The molecule has 1 aliphatic rings. The number of primary amides is 1. The molecular formula is C76H96N20O11. The molecule has 566 valence electrons. The number of nitrogens with one attached hydrogen (secondary N) is 9. The summed E-state index contributed by atoms with van der Waals surface area (Å²) in [6.45, 7) is 15.5. The summed E-state index contributed by atoms with van der Waals surface area (Å²) in [6.07, 6.45) is 7.83. The number of aromatic amines is 1. The molecule has 9 amide bonds. The van der Waals surface area contributed by atoms with E-state index in [4.69, 9.17) is 49.1 Å². The summed E-state index contributed by atoms with van der Waals surface area (Å²) in [7, 11) is 0. The maximum Gasteiger partial charge on any atom is 0.248 e. The second-order valence-corrected chi connectivity index (χ2v) is 24.0. The van der Waals surface area contributed by atoms with E-state index in [0.29, 0.717) is 76.4 Å². The Balaban J connectivity index is 0.000000259. The van der Waals surface area contributed by atoms with Crippen molar-refractivity contribution >= 4 is 154 Å². The first-order valence-electron chi connectivity index (χ1n) is 33.2. The second-order valence-electron chi connectivity index (χ2n) is 24.0. The number of nitrogens with two attached hydrogens (primary N) is 7. The van der Waals surface area contributed by atoms with Gasteiger partial charge in [-0.25, -0.2) is 15.0 Å². The predicted molar refractivity (Wildman–Crippen MR) is 423 cm³/mol. The molecule has 11 aromatic rings. The topological polar surface area (TPSA) is 526 Å². The van der Waals surface area contributed by atoms with Crippen LogP contribution in [0.4, 0.5) is 57.5 Å². The highest BCUT2D eigenvalue weighted by Crippen LogP contribution is 2.27. The van der Waals surface area contributed by atoms with Crippen molar-refractivity contribution in [1.29, 1.82) is 0 Å². The number of carbonyl (C=O) groups excluding carboxylic acids is 9. The van der Waals surface area contributed by atoms with E-state index in [0.717, 1.165) is 91.8 Å². The fraction of sp³-hybridized carbons (Fsp3) is 0.250. The molecular weight excluding hydrogens is 1370 g/mol. The molecule has 0 unspecified atom stereocenters. The molecule has 31 nitrogen and oxygen atoms in total. The average Bonchev–Trinajstić information content (AvgIpc) is 1.64. The standard InChI is InChI=1S/C11H11N3O.C11H11NO2.C9H10N4O.C9H9N3O2.C9H10N2O2.C9H18N2O.C9H12N2O.C8H11N3O.CH4/c1-7(15)14-9-2-3-10-8(6-9)4-5-13-11(10)12;1-7-5-9-3-4-10(12-8(2)13)6-11(9)14-7;1-5(14)11-6-2-3-7-8(4-6)13-9(10)12-7;1-5(13)11-6-2-3-8-7(4-6)9(10)12-14-8;1-6(12)11-8-4-2-3-7(5-8)9(10)13;2*1-7(12)11-9-4-2-8(6-10)3-5-9;1-6(12)10-4-7-2-3-8(9)11-5-7;/h2-6H,1H3,(H2,12,13)(H,14,15);3-6H,1-2H3,(H,12,13);2-4H,1H3,(H,11,14)(H3,10,12,13);2-4H,1H3,(H2,10,12)(H,11,13);2-5H,1H3,(H2,10,13)(H,11,12);8-9H,2-6,10H2,1H3,(H,11,12);2-5H,6,10H2,1H3,(H,11,12);2-3,5H,4H2,1H3,(H2,9,11)(H,10,12);1H4. The Bertz CT molecular complexity index is 4680. The number of aryl methyl sites for hydroxylation is 1. The van der Waals surface area contributed by atoms with Gasteiger partial charge in [-0.2, -0.15) is 0 Å². The Hall–Kier alpha value is -13.3. The van der Waals surface area contributed by atoms with Gasteiger partial charge in [0.15, 0.2) is 17.3 Å². The quantitative estimate of drug-likeness (QED) is 0.0540. The summed E-state index contributed by atoms with van der Waals surface area (Å²) in [5, 5.41) is 28.8. The van der Waals surface area contributed by atoms with Gasteiger partial charge in [0.1, 0.15) is 23.0 Å². The van der Waals surface area contributed by atoms with Crippen LogP contribution in [-0.2, 0) is 51.4 Å². The number of imidazole rings is 1. The number of amides is 9. The number of hydrogen-bond donors (Lipinski definition) is 16. The van der Waals surface area contributed by atoms with Crippen LogP contribution >= 0.6 is 0 Å². The van der Waals surface area contributed by atoms with Gasteiger partial charge in [0.05, 0.1) is 16.4 Å². The molecule has 1 saturated carbocycles. The largest absolute Gasteiger partial charge is 0.461 e. The number of H-pyrrole nitrogens is 1. The van der Waals surface area contributed by atoms with E-state index in [-0.39, 0.29) is 54.7 Å². The van der Waals surface area contributed by atoms with Crippen molar-refractivity contribution in [2.75, 3.05) is 61.4 Å². The van der Waals surface area contributed by atoms with E-state index in [1.807, 2.05) is 85.8 Å². The van der Waals surface area contributed by atoms with Gasteiger partial charge >= 0.3 is 0 Å². The van der Waals surface area contributed by atoms with Gasteiger partial charge in [-0.1, -0.05) is 36.8 Å². The molecule has 23 N–H and O–H groups in total. The Morgan fingerprint density at radius 2 is 1.05 bits per heavy atom. The number of rotatable bonds is 12. The summed E-state index contributed by atoms with van der Waals surface area (Å²) in [5.74, 6) is 2.16. The van der Waals surface area contributed by atoms with Crippen LogP contribution in [0.1, 0.15) is 116 Å². The van der Waals surface area contributed by atoms with Crippen molar-refractivity contribution in [3.05, 3.63) is 180 Å². The van der Waals surface area contributed by atoms with Crippen LogP contribution in [0.15, 0.2) is 167 Å². The van der Waals surface area contributed by atoms with E-state index in [1.54, 1.807) is 80.0 Å². The molecule has 0 atom stereocenters. The van der Waals surface area contributed by atoms with Gasteiger partial charge < -0.3 is 96.6 Å². The third kappa shape index (κ3) is 31.9. The number of anilines is 10. The van der Waals surface area contributed by atoms with E-state index in [2.05, 4.69) is 67.6 Å². The highest BCUT2D eigenvalue weighted by atomic mass is 16.5. The first-order chi connectivity index (χ1) is 50.3. The van der Waals surface area contributed by atoms with Crippen LogP contribution in [0, 0.1) is 12.8 Å². The van der Waals surface area contributed by atoms with E-state index in [1.165, 1.54) is 67.4 Å². The SMILES string of the molecule is C.CC(=O)NC1CCC(CN)CC1.CC(=O)NCc1ccc(N)nc1.CC(=O)Nc1ccc(CN)cc1.CC(=O)Nc1ccc2c(N)nccc2c1.CC(=O)Nc1ccc2cc(C)oc2c1.CC(=O)Nc1ccc2nc(N)[nH]c2c1.CC(=O)Nc1ccc2onc(N)c2c1.CC(=O)Nc1cccc(C(N)=O)c1. The maximum absolute atomic E-state index is 10.9. The highest BCUT2D eigenvalue weighted by Gasteiger charge is 2.20. The van der Waals surface area contributed by atoms with Crippen LogP contribution in [0.25, 0.3) is 43.7 Å². The molecule has 5 heterocycles. The third-order valence-electron chi connectivity index (χ3n) is 14.7. The van der Waals surface area contributed by atoms with Crippen molar-refractivity contribution in [3.8, 4) is 0 Å². The Morgan fingerprint density at radius 3 is 1.61 bits per heavy atom. The van der Waals surface area contributed by atoms with Crippen molar-refractivity contribution < 1.29 is 52.1 Å². The molecule has 5 aromatic heterocycles. The smallest absolute Gasteiger partial charge is 0.248 e. The Morgan fingerprint density at radius 1 is 0.505 bits per heavy atom. The van der Waals surface area contributed by atoms with Gasteiger partial charge in [0.2, 0.25) is 53.2 Å². The predicted octanol–water partition coefficient (Wildman–Crippen LogP) is 10.4. The Labute approximate surface area is 619 Å². The number of aromatic nitrogens is 5.